The summed E-state index contributed by atoms with van der Waals surface area (Å²) < 4.78 is 5.89. The highest BCUT2D eigenvalue weighted by Crippen LogP contribution is 2.57. The van der Waals surface area contributed by atoms with E-state index >= 15 is 0 Å². The first-order valence-electron chi connectivity index (χ1n) is 10.5. The predicted molar refractivity (Wildman–Crippen MR) is 112 cm³/mol. The Balaban J connectivity index is 1.54. The van der Waals surface area contributed by atoms with Crippen LogP contribution >= 0.6 is 11.6 Å². The van der Waals surface area contributed by atoms with Crippen LogP contribution in [0.25, 0.3) is 5.57 Å². The van der Waals surface area contributed by atoms with Crippen molar-refractivity contribution < 1.29 is 14.6 Å². The summed E-state index contributed by atoms with van der Waals surface area (Å²) in [6.07, 6.45) is 6.80. The lowest BCUT2D eigenvalue weighted by atomic mass is 9.59. The van der Waals surface area contributed by atoms with Crippen molar-refractivity contribution in [3.8, 4) is 11.6 Å². The summed E-state index contributed by atoms with van der Waals surface area (Å²) in [4.78, 5) is 17.6. The van der Waals surface area contributed by atoms with Crippen LogP contribution in [0.2, 0.25) is 5.02 Å². The number of benzene rings is 1. The molecule has 0 radical (unpaired) electrons. The van der Waals surface area contributed by atoms with Gasteiger partial charge in [0.2, 0.25) is 5.88 Å². The van der Waals surface area contributed by atoms with E-state index in [9.17, 15) is 9.90 Å². The zero-order valence-electron chi connectivity index (χ0n) is 16.4. The molecule has 1 heterocycles. The lowest BCUT2D eigenvalue weighted by Crippen LogP contribution is -2.41. The number of aliphatic hydroxyl groups is 1. The summed E-state index contributed by atoms with van der Waals surface area (Å²) in [7, 11) is 0. The molecule has 2 atom stereocenters. The average molecular weight is 410 g/mol. The molecule has 1 aromatic carbocycles. The number of carbonyl (C=O) groups is 1. The summed E-state index contributed by atoms with van der Waals surface area (Å²) in [6, 6.07) is 9.16. The zero-order chi connectivity index (χ0) is 20.1. The van der Waals surface area contributed by atoms with Gasteiger partial charge in [-0.05, 0) is 73.3 Å². The van der Waals surface area contributed by atoms with Crippen molar-refractivity contribution in [2.24, 2.45) is 23.7 Å². The Hall–Kier alpha value is -2.33. The number of pyridine rings is 1. The Morgan fingerprint density at radius 1 is 1.10 bits per heavy atom. The van der Waals surface area contributed by atoms with Gasteiger partial charge < -0.3 is 9.84 Å². The highest BCUT2D eigenvalue weighted by atomic mass is 35.5. The van der Waals surface area contributed by atoms with Crippen molar-refractivity contribution in [2.75, 3.05) is 0 Å². The topological polar surface area (TPSA) is 59.4 Å². The molecule has 2 bridgehead atoms. The number of halogens is 1. The summed E-state index contributed by atoms with van der Waals surface area (Å²) in [6.45, 7) is 2.06. The summed E-state index contributed by atoms with van der Waals surface area (Å²) in [5.41, 5.74) is 2.36. The molecule has 0 aliphatic heterocycles. The number of carbonyl (C=O) groups excluding carboxylic acids is 1. The molecule has 0 saturated heterocycles. The molecule has 2 aromatic rings. The Morgan fingerprint density at radius 3 is 2.45 bits per heavy atom. The van der Waals surface area contributed by atoms with E-state index < -0.39 is 0 Å². The van der Waals surface area contributed by atoms with Crippen LogP contribution in [0.3, 0.4) is 0 Å². The largest absolute Gasteiger partial charge is 0.511 e. The SMILES string of the molecule is CCc1ccc(Oc2ccc(Cl)cn2)cc1C1=C(O)C2C3CCC(CC3)C2C1=O. The highest BCUT2D eigenvalue weighted by molar-refractivity contribution is 6.30. The standard InChI is InChI=1S/C24H24ClNO3/c1-2-13-7-9-17(29-19-10-8-16(25)12-26-19)11-18(13)22-23(27)20-14-3-4-15(6-5-14)21(20)24(22)28/h7-12,14-15,20-21,27H,2-6H2,1H3. The molecule has 4 aliphatic rings. The first-order valence-corrected chi connectivity index (χ1v) is 10.8. The maximum Gasteiger partial charge on any atom is 0.219 e. The molecule has 4 nitrogen and oxygen atoms in total. The van der Waals surface area contributed by atoms with E-state index in [4.69, 9.17) is 16.3 Å². The van der Waals surface area contributed by atoms with Crippen LogP contribution in [-0.4, -0.2) is 15.9 Å². The third kappa shape index (κ3) is 3.05. The van der Waals surface area contributed by atoms with Crippen LogP contribution in [0.5, 0.6) is 11.6 Å². The van der Waals surface area contributed by atoms with Gasteiger partial charge in [-0.3, -0.25) is 4.79 Å². The van der Waals surface area contributed by atoms with Gasteiger partial charge in [-0.25, -0.2) is 4.98 Å². The fraction of sp³-hybridized carbons (Fsp3) is 0.417. The normalized spacial score (nSPS) is 28.0. The van der Waals surface area contributed by atoms with E-state index in [1.807, 2.05) is 18.2 Å². The minimum atomic E-state index is -0.0373. The van der Waals surface area contributed by atoms with Crippen LogP contribution in [0.1, 0.15) is 43.7 Å². The maximum absolute atomic E-state index is 13.4. The second-order valence-electron chi connectivity index (χ2n) is 8.44. The van der Waals surface area contributed by atoms with Gasteiger partial charge in [0.1, 0.15) is 11.5 Å². The molecule has 3 saturated carbocycles. The van der Waals surface area contributed by atoms with E-state index in [0.29, 0.717) is 39.8 Å². The number of ketones is 1. The molecule has 1 aromatic heterocycles. The minimum absolute atomic E-state index is 0.0113. The van der Waals surface area contributed by atoms with Gasteiger partial charge in [-0.1, -0.05) is 24.6 Å². The molecule has 0 spiro atoms. The number of nitrogens with zero attached hydrogens (tertiary/aromatic N) is 1. The molecule has 4 aliphatic carbocycles. The van der Waals surface area contributed by atoms with Gasteiger partial charge >= 0.3 is 0 Å². The van der Waals surface area contributed by atoms with Crippen LogP contribution < -0.4 is 4.74 Å². The van der Waals surface area contributed by atoms with Crippen molar-refractivity contribution in [3.05, 3.63) is 58.4 Å². The Kier molecular flexibility index (Phi) is 4.62. The van der Waals surface area contributed by atoms with Crippen molar-refractivity contribution >= 4 is 23.0 Å². The van der Waals surface area contributed by atoms with E-state index in [2.05, 4.69) is 11.9 Å². The first kappa shape index (κ1) is 18.7. The number of hydrogen-bond donors (Lipinski definition) is 1. The quantitative estimate of drug-likeness (QED) is 0.673. The highest BCUT2D eigenvalue weighted by Gasteiger charge is 2.54. The molecule has 6 rings (SSSR count). The van der Waals surface area contributed by atoms with E-state index in [1.54, 1.807) is 12.1 Å². The number of aliphatic hydroxyl groups excluding tert-OH is 1. The second kappa shape index (κ2) is 7.17. The molecule has 3 fully saturated rings. The summed E-state index contributed by atoms with van der Waals surface area (Å²) in [5, 5.41) is 11.7. The number of aromatic nitrogens is 1. The maximum atomic E-state index is 13.4. The molecule has 2 unspecified atom stereocenters. The van der Waals surface area contributed by atoms with Crippen molar-refractivity contribution in [1.82, 2.24) is 4.98 Å². The van der Waals surface area contributed by atoms with E-state index in [-0.39, 0.29) is 17.6 Å². The molecular formula is C24H24ClNO3. The van der Waals surface area contributed by atoms with Gasteiger partial charge in [0.25, 0.3) is 0 Å². The molecule has 29 heavy (non-hydrogen) atoms. The average Bonchev–Trinajstić information content (AvgIpc) is 3.03. The van der Waals surface area contributed by atoms with Gasteiger partial charge in [0.05, 0.1) is 10.6 Å². The molecule has 1 N–H and O–H groups in total. The lowest BCUT2D eigenvalue weighted by molar-refractivity contribution is -0.123. The number of aryl methyl sites for hydroxylation is 1. The van der Waals surface area contributed by atoms with Gasteiger partial charge in [-0.2, -0.15) is 0 Å². The first-order chi connectivity index (χ1) is 14.1. The number of rotatable bonds is 4. The fourth-order valence-corrected chi connectivity index (χ4v) is 5.77. The Labute approximate surface area is 175 Å². The number of hydrogen-bond acceptors (Lipinski definition) is 4. The molecule has 150 valence electrons. The predicted octanol–water partition coefficient (Wildman–Crippen LogP) is 5.99. The number of Topliss-reactive ketones (excluding diaryl/α,β-unsaturated/α-hetero) is 1. The number of ether oxygens (including phenoxy) is 1. The van der Waals surface area contributed by atoms with Gasteiger partial charge in [0.15, 0.2) is 5.78 Å². The Bertz CT molecular complexity index is 990. The number of allylic oxidation sites excluding steroid dienone is 2. The van der Waals surface area contributed by atoms with Crippen molar-refractivity contribution in [2.45, 2.75) is 39.0 Å². The van der Waals surface area contributed by atoms with Crippen LogP contribution in [0.4, 0.5) is 0 Å². The zero-order valence-corrected chi connectivity index (χ0v) is 17.2. The van der Waals surface area contributed by atoms with E-state index in [0.717, 1.165) is 43.2 Å². The smallest absolute Gasteiger partial charge is 0.219 e. The van der Waals surface area contributed by atoms with Gasteiger partial charge in [0, 0.05) is 24.1 Å². The fourth-order valence-electron chi connectivity index (χ4n) is 5.65. The second-order valence-corrected chi connectivity index (χ2v) is 8.88. The van der Waals surface area contributed by atoms with Crippen LogP contribution in [-0.2, 0) is 11.2 Å². The molecular weight excluding hydrogens is 386 g/mol. The monoisotopic (exact) mass is 409 g/mol. The summed E-state index contributed by atoms with van der Waals surface area (Å²) >= 11 is 5.90. The van der Waals surface area contributed by atoms with Gasteiger partial charge in [-0.15, -0.1) is 0 Å². The third-order valence-electron chi connectivity index (χ3n) is 6.99. The third-order valence-corrected chi connectivity index (χ3v) is 7.22. The minimum Gasteiger partial charge on any atom is -0.511 e. The van der Waals surface area contributed by atoms with Crippen molar-refractivity contribution in [3.63, 3.8) is 0 Å². The van der Waals surface area contributed by atoms with Crippen LogP contribution in [0, 0.1) is 23.7 Å². The van der Waals surface area contributed by atoms with E-state index in [1.165, 1.54) is 6.20 Å². The number of fused-ring (bicyclic) bond motifs is 2. The summed E-state index contributed by atoms with van der Waals surface area (Å²) in [5.74, 6) is 2.30. The van der Waals surface area contributed by atoms with Crippen molar-refractivity contribution in [1.29, 1.82) is 0 Å². The molecule has 0 amide bonds. The lowest BCUT2D eigenvalue weighted by Gasteiger charge is -2.44. The van der Waals surface area contributed by atoms with Crippen LogP contribution in [0.15, 0.2) is 42.3 Å². The molecule has 5 heteroatoms. The Morgan fingerprint density at radius 2 is 1.83 bits per heavy atom.